The Balaban J connectivity index is 1.94. The van der Waals surface area contributed by atoms with Crippen LogP contribution in [0.4, 0.5) is 5.69 Å². The Morgan fingerprint density at radius 3 is 2.38 bits per heavy atom. The molecule has 7 heteroatoms. The lowest BCUT2D eigenvalue weighted by Gasteiger charge is -2.14. The number of carbonyl (C=O) groups excluding carboxylic acids is 2. The van der Waals surface area contributed by atoms with Crippen LogP contribution in [0.3, 0.4) is 0 Å². The number of rotatable bonds is 7. The molecule has 2 aromatic rings. The second-order valence-electron chi connectivity index (χ2n) is 5.77. The largest absolute Gasteiger partial charge is 0.493 e. The van der Waals surface area contributed by atoms with Crippen LogP contribution in [0, 0.1) is 0 Å². The van der Waals surface area contributed by atoms with E-state index < -0.39 is 0 Å². The van der Waals surface area contributed by atoms with E-state index in [1.807, 2.05) is 26.0 Å². The van der Waals surface area contributed by atoms with E-state index in [-0.39, 0.29) is 24.5 Å². The number of carbonyl (C=O) groups is 2. The summed E-state index contributed by atoms with van der Waals surface area (Å²) in [6.07, 6.45) is -0.00844. The molecule has 138 valence electrons. The van der Waals surface area contributed by atoms with Gasteiger partial charge in [0.1, 0.15) is 0 Å². The van der Waals surface area contributed by atoms with Crippen LogP contribution in [0.2, 0.25) is 0 Å². The highest BCUT2D eigenvalue weighted by molar-refractivity contribution is 9.10. The Hall–Kier alpha value is -2.54. The van der Waals surface area contributed by atoms with Crippen molar-refractivity contribution in [3.63, 3.8) is 0 Å². The zero-order valence-electron chi connectivity index (χ0n) is 14.8. The molecule has 2 amide bonds. The number of benzene rings is 2. The predicted molar refractivity (Wildman–Crippen MR) is 104 cm³/mol. The Morgan fingerprint density at radius 1 is 1.08 bits per heavy atom. The lowest BCUT2D eigenvalue weighted by molar-refractivity contribution is -0.115. The number of halogens is 1. The van der Waals surface area contributed by atoms with Gasteiger partial charge in [-0.2, -0.15) is 0 Å². The molecule has 0 spiro atoms. The Bertz CT molecular complexity index is 776. The summed E-state index contributed by atoms with van der Waals surface area (Å²) in [5, 5.41) is 5.30. The molecular weight excluding hydrogens is 400 g/mol. The molecule has 2 rings (SSSR count). The summed E-state index contributed by atoms with van der Waals surface area (Å²) < 4.78 is 11.8. The Morgan fingerprint density at radius 2 is 1.77 bits per heavy atom. The fourth-order valence-corrected chi connectivity index (χ4v) is 2.43. The van der Waals surface area contributed by atoms with Gasteiger partial charge in [0.15, 0.2) is 11.5 Å². The van der Waals surface area contributed by atoms with E-state index in [1.54, 1.807) is 30.3 Å². The quantitative estimate of drug-likeness (QED) is 0.716. The van der Waals surface area contributed by atoms with Gasteiger partial charge in [-0.3, -0.25) is 9.59 Å². The van der Waals surface area contributed by atoms with Gasteiger partial charge in [0.25, 0.3) is 5.91 Å². The van der Waals surface area contributed by atoms with Crippen LogP contribution in [0.15, 0.2) is 46.9 Å². The molecule has 2 aromatic carbocycles. The van der Waals surface area contributed by atoms with Crippen LogP contribution < -0.4 is 20.1 Å². The van der Waals surface area contributed by atoms with E-state index in [2.05, 4.69) is 26.6 Å². The highest BCUT2D eigenvalue weighted by atomic mass is 79.9. The van der Waals surface area contributed by atoms with Crippen molar-refractivity contribution in [2.75, 3.05) is 19.0 Å². The summed E-state index contributed by atoms with van der Waals surface area (Å²) in [5.41, 5.74) is 1.04. The maximum atomic E-state index is 12.3. The van der Waals surface area contributed by atoms with Crippen molar-refractivity contribution < 1.29 is 19.1 Å². The SMILES string of the molecule is COc1cc(C(=O)NCC(=O)Nc2ccc(Br)cc2)ccc1OC(C)C. The maximum absolute atomic E-state index is 12.3. The minimum Gasteiger partial charge on any atom is -0.493 e. The third-order valence-electron chi connectivity index (χ3n) is 3.33. The van der Waals surface area contributed by atoms with Crippen molar-refractivity contribution in [1.29, 1.82) is 0 Å². The molecule has 0 saturated heterocycles. The van der Waals surface area contributed by atoms with Gasteiger partial charge in [-0.1, -0.05) is 15.9 Å². The van der Waals surface area contributed by atoms with Crippen molar-refractivity contribution in [3.8, 4) is 11.5 Å². The van der Waals surface area contributed by atoms with Gasteiger partial charge in [-0.05, 0) is 56.3 Å². The smallest absolute Gasteiger partial charge is 0.251 e. The molecule has 0 aliphatic heterocycles. The lowest BCUT2D eigenvalue weighted by Crippen LogP contribution is -2.32. The highest BCUT2D eigenvalue weighted by Crippen LogP contribution is 2.28. The minimum atomic E-state index is -0.370. The van der Waals surface area contributed by atoms with E-state index in [9.17, 15) is 9.59 Å². The monoisotopic (exact) mass is 420 g/mol. The first-order valence-electron chi connectivity index (χ1n) is 8.07. The van der Waals surface area contributed by atoms with Crippen LogP contribution in [0.5, 0.6) is 11.5 Å². The molecule has 0 atom stereocenters. The van der Waals surface area contributed by atoms with E-state index in [1.165, 1.54) is 7.11 Å². The summed E-state index contributed by atoms with van der Waals surface area (Å²) >= 11 is 3.33. The van der Waals surface area contributed by atoms with Gasteiger partial charge in [-0.25, -0.2) is 0 Å². The van der Waals surface area contributed by atoms with Crippen molar-refractivity contribution >= 4 is 33.4 Å². The summed E-state index contributed by atoms with van der Waals surface area (Å²) in [4.78, 5) is 24.2. The zero-order valence-corrected chi connectivity index (χ0v) is 16.4. The average molecular weight is 421 g/mol. The molecule has 0 aromatic heterocycles. The molecule has 26 heavy (non-hydrogen) atoms. The van der Waals surface area contributed by atoms with Gasteiger partial charge in [0.2, 0.25) is 5.91 Å². The molecule has 0 bridgehead atoms. The number of hydrogen-bond acceptors (Lipinski definition) is 4. The number of anilines is 1. The van der Waals surface area contributed by atoms with Gasteiger partial charge >= 0.3 is 0 Å². The molecule has 0 heterocycles. The molecule has 0 radical (unpaired) electrons. The third-order valence-corrected chi connectivity index (χ3v) is 3.85. The second kappa shape index (κ2) is 9.24. The molecule has 0 aliphatic carbocycles. The first-order valence-corrected chi connectivity index (χ1v) is 8.86. The summed E-state index contributed by atoms with van der Waals surface area (Å²) in [6, 6.07) is 12.1. The summed E-state index contributed by atoms with van der Waals surface area (Å²) in [6.45, 7) is 3.68. The molecule has 6 nitrogen and oxygen atoms in total. The number of ether oxygens (including phenoxy) is 2. The normalized spacial score (nSPS) is 10.3. The standard InChI is InChI=1S/C19H21BrN2O4/c1-12(2)26-16-9-4-13(10-17(16)25-3)19(24)21-11-18(23)22-15-7-5-14(20)6-8-15/h4-10,12H,11H2,1-3H3,(H,21,24)(H,22,23). The Labute approximate surface area is 161 Å². The van der Waals surface area contributed by atoms with Gasteiger partial charge in [0.05, 0.1) is 19.8 Å². The number of nitrogens with one attached hydrogen (secondary N) is 2. The summed E-state index contributed by atoms with van der Waals surface area (Å²) in [7, 11) is 1.51. The van der Waals surface area contributed by atoms with Gasteiger partial charge < -0.3 is 20.1 Å². The number of amides is 2. The predicted octanol–water partition coefficient (Wildman–Crippen LogP) is 3.61. The molecule has 0 unspecified atom stereocenters. The summed E-state index contributed by atoms with van der Waals surface area (Å²) in [5.74, 6) is 0.343. The maximum Gasteiger partial charge on any atom is 0.251 e. The highest BCUT2D eigenvalue weighted by Gasteiger charge is 2.13. The first-order chi connectivity index (χ1) is 12.4. The Kier molecular flexibility index (Phi) is 7.03. The molecule has 2 N–H and O–H groups in total. The van der Waals surface area contributed by atoms with E-state index in [4.69, 9.17) is 9.47 Å². The number of methoxy groups -OCH3 is 1. The van der Waals surface area contributed by atoms with Crippen molar-refractivity contribution in [2.45, 2.75) is 20.0 Å². The minimum absolute atomic E-state index is 0.00844. The zero-order chi connectivity index (χ0) is 19.1. The molecule has 0 saturated carbocycles. The van der Waals surface area contributed by atoms with Gasteiger partial charge in [0, 0.05) is 15.7 Å². The third kappa shape index (κ3) is 5.77. The molecule has 0 fully saturated rings. The van der Waals surface area contributed by atoms with Crippen LogP contribution in [-0.2, 0) is 4.79 Å². The van der Waals surface area contributed by atoms with E-state index in [0.717, 1.165) is 4.47 Å². The van der Waals surface area contributed by atoms with Crippen LogP contribution in [0.25, 0.3) is 0 Å². The average Bonchev–Trinajstić information content (AvgIpc) is 2.61. The van der Waals surface area contributed by atoms with Crippen LogP contribution in [0.1, 0.15) is 24.2 Å². The van der Waals surface area contributed by atoms with E-state index in [0.29, 0.717) is 22.7 Å². The number of hydrogen-bond donors (Lipinski definition) is 2. The fourth-order valence-electron chi connectivity index (χ4n) is 2.16. The molecule has 0 aliphatic rings. The van der Waals surface area contributed by atoms with Crippen molar-refractivity contribution in [3.05, 3.63) is 52.5 Å². The lowest BCUT2D eigenvalue weighted by atomic mass is 10.2. The fraction of sp³-hybridized carbons (Fsp3) is 0.263. The van der Waals surface area contributed by atoms with Crippen molar-refractivity contribution in [2.24, 2.45) is 0 Å². The van der Waals surface area contributed by atoms with Crippen LogP contribution >= 0.6 is 15.9 Å². The molecular formula is C19H21BrN2O4. The topological polar surface area (TPSA) is 76.7 Å². The van der Waals surface area contributed by atoms with Gasteiger partial charge in [-0.15, -0.1) is 0 Å². The van der Waals surface area contributed by atoms with Crippen molar-refractivity contribution in [1.82, 2.24) is 5.32 Å². The first kappa shape index (κ1) is 19.8. The van der Waals surface area contributed by atoms with Crippen LogP contribution in [-0.4, -0.2) is 31.6 Å². The second-order valence-corrected chi connectivity index (χ2v) is 6.69. The van der Waals surface area contributed by atoms with E-state index >= 15 is 0 Å².